The minimum Gasteiger partial charge on any atom is -0.479 e. The normalized spacial score (nSPS) is 13.9. The molecule has 25 heavy (non-hydrogen) atoms. The number of nitrogens with zero attached hydrogens (tertiary/aromatic N) is 4. The second kappa shape index (κ2) is 8.50. The number of hydrogen-bond acceptors (Lipinski definition) is 5. The lowest BCUT2D eigenvalue weighted by Crippen LogP contribution is -2.39. The first-order valence-corrected chi connectivity index (χ1v) is 8.30. The monoisotopic (exact) mass is 351 g/mol. The Kier molecular flexibility index (Phi) is 6.37. The molecule has 138 valence electrons. The molecule has 1 aromatic heterocycles. The number of ether oxygens (including phenoxy) is 1. The van der Waals surface area contributed by atoms with E-state index in [4.69, 9.17) is 4.74 Å². The molecule has 9 nitrogen and oxygen atoms in total. The second-order valence-electron chi connectivity index (χ2n) is 6.07. The maximum absolute atomic E-state index is 12.4. The number of aromatic nitrogens is 2. The number of likely N-dealkylation sites (N-methyl/N-ethyl adjacent to an activating group) is 1. The van der Waals surface area contributed by atoms with Crippen LogP contribution in [0.3, 0.4) is 0 Å². The fourth-order valence-corrected chi connectivity index (χ4v) is 2.75. The molecule has 2 heterocycles. The Morgan fingerprint density at radius 2 is 2.20 bits per heavy atom. The predicted molar refractivity (Wildman–Crippen MR) is 90.2 cm³/mol. The van der Waals surface area contributed by atoms with E-state index in [1.807, 2.05) is 4.90 Å². The zero-order valence-corrected chi connectivity index (χ0v) is 14.9. The summed E-state index contributed by atoms with van der Waals surface area (Å²) in [5.41, 5.74) is 0.313. The van der Waals surface area contributed by atoms with Gasteiger partial charge in [-0.05, 0) is 12.8 Å². The predicted octanol–water partition coefficient (Wildman–Crippen LogP) is -0.371. The van der Waals surface area contributed by atoms with Crippen LogP contribution in [-0.2, 0) is 16.6 Å². The first-order chi connectivity index (χ1) is 11.9. The SMILES string of the molecule is COc1nn(C)cc1C(=O)N(C)CC(=O)NCCCN1CCCC1=O. The molecule has 0 spiro atoms. The lowest BCUT2D eigenvalue weighted by molar-refractivity contribution is -0.127. The Morgan fingerprint density at radius 1 is 1.44 bits per heavy atom. The summed E-state index contributed by atoms with van der Waals surface area (Å²) in [5, 5.41) is 6.80. The van der Waals surface area contributed by atoms with Gasteiger partial charge in [0.25, 0.3) is 5.91 Å². The Hall–Kier alpha value is -2.58. The average molecular weight is 351 g/mol. The third-order valence-corrected chi connectivity index (χ3v) is 4.04. The zero-order valence-electron chi connectivity index (χ0n) is 14.9. The van der Waals surface area contributed by atoms with Crippen LogP contribution in [0.4, 0.5) is 0 Å². The van der Waals surface area contributed by atoms with Crippen LogP contribution >= 0.6 is 0 Å². The maximum atomic E-state index is 12.4. The molecule has 0 atom stereocenters. The van der Waals surface area contributed by atoms with E-state index in [2.05, 4.69) is 10.4 Å². The van der Waals surface area contributed by atoms with Gasteiger partial charge in [0.2, 0.25) is 17.7 Å². The van der Waals surface area contributed by atoms with Crippen molar-refractivity contribution in [1.29, 1.82) is 0 Å². The van der Waals surface area contributed by atoms with Gasteiger partial charge < -0.3 is 19.9 Å². The Balaban J connectivity index is 1.73. The lowest BCUT2D eigenvalue weighted by Gasteiger charge is -2.17. The molecule has 1 aromatic rings. The number of aryl methyl sites for hydroxylation is 1. The van der Waals surface area contributed by atoms with Crippen molar-refractivity contribution in [3.05, 3.63) is 11.8 Å². The molecule has 0 saturated carbocycles. The topological polar surface area (TPSA) is 96.8 Å². The number of nitrogens with one attached hydrogen (secondary N) is 1. The van der Waals surface area contributed by atoms with Crippen LogP contribution in [0.2, 0.25) is 0 Å². The number of hydrogen-bond donors (Lipinski definition) is 1. The van der Waals surface area contributed by atoms with E-state index in [9.17, 15) is 14.4 Å². The van der Waals surface area contributed by atoms with Crippen molar-refractivity contribution in [2.24, 2.45) is 7.05 Å². The molecule has 1 saturated heterocycles. The summed E-state index contributed by atoms with van der Waals surface area (Å²) in [6.07, 6.45) is 3.79. The highest BCUT2D eigenvalue weighted by atomic mass is 16.5. The van der Waals surface area contributed by atoms with Crippen molar-refractivity contribution in [2.45, 2.75) is 19.3 Å². The molecule has 2 rings (SSSR count). The molecule has 0 aromatic carbocycles. The third-order valence-electron chi connectivity index (χ3n) is 4.04. The second-order valence-corrected chi connectivity index (χ2v) is 6.07. The van der Waals surface area contributed by atoms with Crippen molar-refractivity contribution in [2.75, 3.05) is 40.3 Å². The minimum atomic E-state index is -0.331. The first kappa shape index (κ1) is 18.8. The van der Waals surface area contributed by atoms with Crippen molar-refractivity contribution in [3.63, 3.8) is 0 Å². The van der Waals surface area contributed by atoms with Crippen molar-refractivity contribution >= 4 is 17.7 Å². The highest BCUT2D eigenvalue weighted by molar-refractivity contribution is 5.98. The van der Waals surface area contributed by atoms with Crippen molar-refractivity contribution < 1.29 is 19.1 Å². The van der Waals surface area contributed by atoms with E-state index in [0.717, 1.165) is 13.0 Å². The quantitative estimate of drug-likeness (QED) is 0.645. The third kappa shape index (κ3) is 4.94. The van der Waals surface area contributed by atoms with Gasteiger partial charge in [-0.25, -0.2) is 0 Å². The van der Waals surface area contributed by atoms with Crippen LogP contribution < -0.4 is 10.1 Å². The zero-order chi connectivity index (χ0) is 18.4. The summed E-state index contributed by atoms with van der Waals surface area (Å²) >= 11 is 0. The number of rotatable bonds is 8. The van der Waals surface area contributed by atoms with E-state index >= 15 is 0 Å². The van der Waals surface area contributed by atoms with Gasteiger partial charge >= 0.3 is 0 Å². The molecule has 1 aliphatic rings. The fourth-order valence-electron chi connectivity index (χ4n) is 2.75. The first-order valence-electron chi connectivity index (χ1n) is 8.30. The Morgan fingerprint density at radius 3 is 2.84 bits per heavy atom. The molecule has 3 amide bonds. The van der Waals surface area contributed by atoms with Gasteiger partial charge in [0, 0.05) is 46.3 Å². The van der Waals surface area contributed by atoms with E-state index in [1.54, 1.807) is 20.3 Å². The molecule has 1 aliphatic heterocycles. The van der Waals surface area contributed by atoms with Gasteiger partial charge in [0.1, 0.15) is 5.56 Å². The van der Waals surface area contributed by atoms with Gasteiger partial charge in [-0.2, -0.15) is 0 Å². The van der Waals surface area contributed by atoms with Crippen molar-refractivity contribution in [3.8, 4) is 5.88 Å². The Labute approximate surface area is 146 Å². The smallest absolute Gasteiger partial charge is 0.261 e. The molecule has 0 aliphatic carbocycles. The van der Waals surface area contributed by atoms with Crippen LogP contribution in [-0.4, -0.2) is 77.6 Å². The largest absolute Gasteiger partial charge is 0.479 e. The fraction of sp³-hybridized carbons (Fsp3) is 0.625. The maximum Gasteiger partial charge on any atom is 0.261 e. The van der Waals surface area contributed by atoms with Gasteiger partial charge in [-0.3, -0.25) is 19.1 Å². The number of carbonyl (C=O) groups is 3. The number of amides is 3. The van der Waals surface area contributed by atoms with Gasteiger partial charge in [0.15, 0.2) is 0 Å². The van der Waals surface area contributed by atoms with Gasteiger partial charge in [-0.1, -0.05) is 0 Å². The minimum absolute atomic E-state index is 0.0560. The lowest BCUT2D eigenvalue weighted by atomic mass is 10.3. The molecule has 1 fully saturated rings. The summed E-state index contributed by atoms with van der Waals surface area (Å²) in [4.78, 5) is 39.0. The summed E-state index contributed by atoms with van der Waals surface area (Å²) in [6.45, 7) is 1.87. The van der Waals surface area contributed by atoms with Crippen LogP contribution in [0.1, 0.15) is 29.6 Å². The van der Waals surface area contributed by atoms with E-state index < -0.39 is 0 Å². The standard InChI is InChI=1S/C16H25N5O4/c1-19(16(24)12-10-20(2)18-15(12)25-3)11-13(22)17-7-5-9-21-8-4-6-14(21)23/h10H,4-9,11H2,1-3H3,(H,17,22). The summed E-state index contributed by atoms with van der Waals surface area (Å²) in [5.74, 6) is -0.161. The molecule has 0 unspecified atom stereocenters. The summed E-state index contributed by atoms with van der Waals surface area (Å²) in [6, 6.07) is 0. The van der Waals surface area contributed by atoms with E-state index in [1.165, 1.54) is 16.7 Å². The number of likely N-dealkylation sites (tertiary alicyclic amines) is 1. The van der Waals surface area contributed by atoms with Gasteiger partial charge in [-0.15, -0.1) is 5.10 Å². The van der Waals surface area contributed by atoms with E-state index in [-0.39, 0.29) is 30.1 Å². The van der Waals surface area contributed by atoms with E-state index in [0.29, 0.717) is 31.5 Å². The molecule has 9 heteroatoms. The average Bonchev–Trinajstić information content (AvgIpc) is 3.16. The van der Waals surface area contributed by atoms with Gasteiger partial charge in [0.05, 0.1) is 13.7 Å². The highest BCUT2D eigenvalue weighted by Crippen LogP contribution is 2.16. The van der Waals surface area contributed by atoms with Crippen LogP contribution in [0.5, 0.6) is 5.88 Å². The summed E-state index contributed by atoms with van der Waals surface area (Å²) < 4.78 is 6.55. The van der Waals surface area contributed by atoms with Crippen LogP contribution in [0, 0.1) is 0 Å². The summed E-state index contributed by atoms with van der Waals surface area (Å²) in [7, 11) is 4.69. The van der Waals surface area contributed by atoms with Crippen molar-refractivity contribution in [1.82, 2.24) is 24.9 Å². The molecule has 0 bridgehead atoms. The molecule has 0 radical (unpaired) electrons. The molecule has 1 N–H and O–H groups in total. The Bertz CT molecular complexity index is 642. The molecular formula is C16H25N5O4. The molecular weight excluding hydrogens is 326 g/mol. The highest BCUT2D eigenvalue weighted by Gasteiger charge is 2.22. The van der Waals surface area contributed by atoms with Crippen LogP contribution in [0.25, 0.3) is 0 Å². The number of methoxy groups -OCH3 is 1. The van der Waals surface area contributed by atoms with Crippen LogP contribution in [0.15, 0.2) is 6.20 Å². The number of carbonyl (C=O) groups excluding carboxylic acids is 3.